The van der Waals surface area contributed by atoms with Gasteiger partial charge in [0.25, 0.3) is 0 Å². The predicted octanol–water partition coefficient (Wildman–Crippen LogP) is 2.20. The number of H-pyrrole nitrogens is 1. The van der Waals surface area contributed by atoms with Crippen LogP contribution in [0.4, 0.5) is 4.39 Å². The molecular formula is C15H17FN4O2S. The minimum absolute atomic E-state index is 0.130. The molecule has 0 amide bonds. The van der Waals surface area contributed by atoms with Crippen molar-refractivity contribution in [3.8, 4) is 6.07 Å². The van der Waals surface area contributed by atoms with Gasteiger partial charge in [0.1, 0.15) is 17.7 Å². The number of nitriles is 1. The number of unbranched alkanes of at least 4 members (excludes halogenated alkanes) is 1. The Morgan fingerprint density at radius 3 is 2.65 bits per heavy atom. The fourth-order valence-corrected chi connectivity index (χ4v) is 3.59. The van der Waals surface area contributed by atoms with E-state index in [-0.39, 0.29) is 18.6 Å². The summed E-state index contributed by atoms with van der Waals surface area (Å²) in [6, 6.07) is 6.87. The summed E-state index contributed by atoms with van der Waals surface area (Å²) in [5.41, 5.74) is 0.604. The Kier molecular flexibility index (Phi) is 5.47. The highest BCUT2D eigenvalue weighted by Gasteiger charge is 2.30. The first-order valence-corrected chi connectivity index (χ1v) is 8.64. The molecule has 1 N–H and O–H groups in total. The number of nitrogens with zero attached hydrogens (tertiary/aromatic N) is 3. The number of benzene rings is 1. The molecule has 2 aromatic rings. The first-order chi connectivity index (χ1) is 11.0. The molecule has 8 heteroatoms. The minimum Gasteiger partial charge on any atom is -0.347 e. The number of aromatic nitrogens is 2. The number of halogens is 1. The van der Waals surface area contributed by atoms with Gasteiger partial charge in [-0.05, 0) is 24.1 Å². The van der Waals surface area contributed by atoms with Crippen molar-refractivity contribution in [2.45, 2.75) is 18.9 Å². The van der Waals surface area contributed by atoms with Crippen molar-refractivity contribution in [3.63, 3.8) is 0 Å². The van der Waals surface area contributed by atoms with Crippen molar-refractivity contribution in [1.82, 2.24) is 14.3 Å². The number of nitrogens with one attached hydrogen (secondary N) is 1. The summed E-state index contributed by atoms with van der Waals surface area (Å²) in [7, 11) is -2.13. The van der Waals surface area contributed by atoms with Gasteiger partial charge in [-0.1, -0.05) is 12.1 Å². The molecule has 1 unspecified atom stereocenters. The van der Waals surface area contributed by atoms with Crippen LogP contribution in [0.1, 0.15) is 30.3 Å². The molecule has 1 heterocycles. The highest BCUT2D eigenvalue weighted by molar-refractivity contribution is 7.89. The van der Waals surface area contributed by atoms with Gasteiger partial charge >= 0.3 is 0 Å². The second-order valence-corrected chi connectivity index (χ2v) is 7.17. The second kappa shape index (κ2) is 7.35. The monoisotopic (exact) mass is 336 g/mol. The molecule has 1 aromatic carbocycles. The van der Waals surface area contributed by atoms with Crippen LogP contribution in [0.25, 0.3) is 0 Å². The van der Waals surface area contributed by atoms with Crippen LogP contribution < -0.4 is 0 Å². The summed E-state index contributed by atoms with van der Waals surface area (Å²) in [5, 5.41) is 8.56. The van der Waals surface area contributed by atoms with Gasteiger partial charge in [-0.3, -0.25) is 0 Å². The SMILES string of the molecule is CN(C(c1ccc(F)cc1)c1ncc[nH]1)S(=O)(=O)CCCC#N. The van der Waals surface area contributed by atoms with Crippen LogP contribution in [-0.4, -0.2) is 35.5 Å². The van der Waals surface area contributed by atoms with Gasteiger partial charge in [0.2, 0.25) is 10.0 Å². The predicted molar refractivity (Wildman–Crippen MR) is 83.2 cm³/mol. The Morgan fingerprint density at radius 1 is 1.39 bits per heavy atom. The number of hydrogen-bond donors (Lipinski definition) is 1. The highest BCUT2D eigenvalue weighted by atomic mass is 32.2. The van der Waals surface area contributed by atoms with Crippen LogP contribution in [0.15, 0.2) is 36.7 Å². The van der Waals surface area contributed by atoms with Crippen molar-refractivity contribution in [2.24, 2.45) is 0 Å². The van der Waals surface area contributed by atoms with Gasteiger partial charge in [-0.2, -0.15) is 9.57 Å². The quantitative estimate of drug-likeness (QED) is 0.785. The zero-order valence-corrected chi connectivity index (χ0v) is 13.4. The van der Waals surface area contributed by atoms with E-state index in [0.29, 0.717) is 11.4 Å². The van der Waals surface area contributed by atoms with Crippen molar-refractivity contribution < 1.29 is 12.8 Å². The lowest BCUT2D eigenvalue weighted by Crippen LogP contribution is -2.34. The van der Waals surface area contributed by atoms with E-state index in [9.17, 15) is 12.8 Å². The van der Waals surface area contributed by atoms with E-state index in [1.54, 1.807) is 6.20 Å². The number of aromatic amines is 1. The molecule has 23 heavy (non-hydrogen) atoms. The number of hydrogen-bond acceptors (Lipinski definition) is 4. The van der Waals surface area contributed by atoms with Crippen LogP contribution in [0.2, 0.25) is 0 Å². The topological polar surface area (TPSA) is 89.8 Å². The molecule has 0 fully saturated rings. The van der Waals surface area contributed by atoms with Crippen molar-refractivity contribution in [1.29, 1.82) is 5.26 Å². The minimum atomic E-state index is -3.59. The van der Waals surface area contributed by atoms with Crippen LogP contribution in [0.5, 0.6) is 0 Å². The Hall–Kier alpha value is -2.24. The normalized spacial score (nSPS) is 13.0. The molecular weight excluding hydrogens is 319 g/mol. The molecule has 0 aliphatic carbocycles. The van der Waals surface area contributed by atoms with Crippen molar-refractivity contribution in [3.05, 3.63) is 53.9 Å². The maximum absolute atomic E-state index is 13.1. The molecule has 1 aromatic heterocycles. The van der Waals surface area contributed by atoms with Gasteiger partial charge in [0.05, 0.1) is 11.8 Å². The van der Waals surface area contributed by atoms with E-state index >= 15 is 0 Å². The van der Waals surface area contributed by atoms with E-state index in [2.05, 4.69) is 9.97 Å². The van der Waals surface area contributed by atoms with Crippen LogP contribution in [-0.2, 0) is 10.0 Å². The van der Waals surface area contributed by atoms with Gasteiger partial charge in [-0.25, -0.2) is 17.8 Å². The Balaban J connectivity index is 2.34. The Bertz CT molecular complexity index is 767. The van der Waals surface area contributed by atoms with Gasteiger partial charge in [-0.15, -0.1) is 0 Å². The van der Waals surface area contributed by atoms with Gasteiger partial charge in [0, 0.05) is 25.9 Å². The second-order valence-electron chi connectivity index (χ2n) is 5.02. The van der Waals surface area contributed by atoms with E-state index in [1.165, 1.54) is 41.8 Å². The van der Waals surface area contributed by atoms with Gasteiger partial charge < -0.3 is 4.98 Å². The largest absolute Gasteiger partial charge is 0.347 e. The van der Waals surface area contributed by atoms with E-state index in [1.807, 2.05) is 6.07 Å². The molecule has 0 aliphatic heterocycles. The summed E-state index contributed by atoms with van der Waals surface area (Å²) < 4.78 is 39.3. The van der Waals surface area contributed by atoms with Crippen LogP contribution >= 0.6 is 0 Å². The third-order valence-corrected chi connectivity index (χ3v) is 5.35. The number of imidazole rings is 1. The summed E-state index contributed by atoms with van der Waals surface area (Å²) in [4.78, 5) is 7.05. The fourth-order valence-electron chi connectivity index (χ4n) is 2.25. The standard InChI is InChI=1S/C15H17FN4O2S/c1-20(23(21,22)11-3-2-8-17)14(15-18-9-10-19-15)12-4-6-13(16)7-5-12/h4-7,9-10,14H,2-3,11H2,1H3,(H,18,19). The third-order valence-electron chi connectivity index (χ3n) is 3.46. The number of sulfonamides is 1. The van der Waals surface area contributed by atoms with Gasteiger partial charge in [0.15, 0.2) is 0 Å². The van der Waals surface area contributed by atoms with E-state index in [0.717, 1.165) is 0 Å². The molecule has 0 saturated heterocycles. The maximum Gasteiger partial charge on any atom is 0.214 e. The maximum atomic E-state index is 13.1. The lowest BCUT2D eigenvalue weighted by atomic mass is 10.1. The molecule has 2 rings (SSSR count). The summed E-state index contributed by atoms with van der Waals surface area (Å²) >= 11 is 0. The Labute approximate surface area is 134 Å². The zero-order valence-electron chi connectivity index (χ0n) is 12.6. The molecule has 122 valence electrons. The molecule has 0 saturated carbocycles. The van der Waals surface area contributed by atoms with Crippen molar-refractivity contribution in [2.75, 3.05) is 12.8 Å². The summed E-state index contributed by atoms with van der Waals surface area (Å²) in [6.45, 7) is 0. The molecule has 0 radical (unpaired) electrons. The lowest BCUT2D eigenvalue weighted by Gasteiger charge is -2.26. The van der Waals surface area contributed by atoms with Crippen molar-refractivity contribution >= 4 is 10.0 Å². The van der Waals surface area contributed by atoms with Crippen LogP contribution in [0.3, 0.4) is 0 Å². The molecule has 0 aliphatic rings. The first-order valence-electron chi connectivity index (χ1n) is 7.03. The summed E-state index contributed by atoms with van der Waals surface area (Å²) in [6.07, 6.45) is 3.57. The first kappa shape index (κ1) is 17.1. The van der Waals surface area contributed by atoms with E-state index < -0.39 is 21.9 Å². The fraction of sp³-hybridized carbons (Fsp3) is 0.333. The highest BCUT2D eigenvalue weighted by Crippen LogP contribution is 2.28. The molecule has 6 nitrogen and oxygen atoms in total. The van der Waals surface area contributed by atoms with Crippen LogP contribution in [0, 0.1) is 17.1 Å². The third kappa shape index (κ3) is 4.15. The lowest BCUT2D eigenvalue weighted by molar-refractivity contribution is 0.405. The number of rotatable bonds is 7. The molecule has 0 bridgehead atoms. The smallest absolute Gasteiger partial charge is 0.214 e. The zero-order chi connectivity index (χ0) is 16.9. The summed E-state index contributed by atoms with van der Waals surface area (Å²) in [5.74, 6) is -0.0791. The average molecular weight is 336 g/mol. The molecule has 1 atom stereocenters. The Morgan fingerprint density at radius 2 is 2.09 bits per heavy atom. The molecule has 0 spiro atoms. The van der Waals surface area contributed by atoms with E-state index in [4.69, 9.17) is 5.26 Å². The average Bonchev–Trinajstić information content (AvgIpc) is 3.03.